The lowest BCUT2D eigenvalue weighted by atomic mass is 10.1. The summed E-state index contributed by atoms with van der Waals surface area (Å²) in [6, 6.07) is 15.2. The molecule has 2 amide bonds. The lowest BCUT2D eigenvalue weighted by molar-refractivity contribution is -0.115. The van der Waals surface area contributed by atoms with Crippen molar-refractivity contribution < 1.29 is 9.59 Å². The number of carbonyl (C=O) groups is 2. The standard InChI is InChI=1S/C21H26N2O2S/c1-14(2)13-22-21(25)18-7-5-6-8-19(18)23-20(24)16(4)26-17-11-9-15(3)10-12-17/h5-12,14,16H,13H2,1-4H3,(H,22,25)(H,23,24)/t16-/m0/s1. The topological polar surface area (TPSA) is 58.2 Å². The predicted octanol–water partition coefficient (Wildman–Crippen LogP) is 4.50. The first-order valence-electron chi connectivity index (χ1n) is 8.78. The molecule has 2 N–H and O–H groups in total. The summed E-state index contributed by atoms with van der Waals surface area (Å²) < 4.78 is 0. The molecule has 138 valence electrons. The van der Waals surface area contributed by atoms with Crippen LogP contribution in [0.3, 0.4) is 0 Å². The number of amides is 2. The van der Waals surface area contributed by atoms with Gasteiger partial charge in [0.2, 0.25) is 5.91 Å². The van der Waals surface area contributed by atoms with Crippen LogP contribution in [0.2, 0.25) is 0 Å². The fourth-order valence-electron chi connectivity index (χ4n) is 2.29. The summed E-state index contributed by atoms with van der Waals surface area (Å²) in [5, 5.41) is 5.51. The maximum Gasteiger partial charge on any atom is 0.253 e. The highest BCUT2D eigenvalue weighted by atomic mass is 32.2. The molecule has 2 aromatic rings. The van der Waals surface area contributed by atoms with Gasteiger partial charge in [-0.2, -0.15) is 0 Å². The zero-order chi connectivity index (χ0) is 19.1. The molecule has 0 radical (unpaired) electrons. The summed E-state index contributed by atoms with van der Waals surface area (Å²) >= 11 is 1.50. The lowest BCUT2D eigenvalue weighted by Crippen LogP contribution is -2.29. The van der Waals surface area contributed by atoms with Crippen molar-refractivity contribution in [2.45, 2.75) is 37.8 Å². The highest BCUT2D eigenvalue weighted by molar-refractivity contribution is 8.00. The number of para-hydroxylation sites is 1. The van der Waals surface area contributed by atoms with E-state index in [0.29, 0.717) is 23.7 Å². The Balaban J connectivity index is 2.04. The molecule has 1 atom stereocenters. The Morgan fingerprint density at radius 1 is 1.00 bits per heavy atom. The van der Waals surface area contributed by atoms with Crippen LogP contribution in [0.15, 0.2) is 53.4 Å². The largest absolute Gasteiger partial charge is 0.352 e. The van der Waals surface area contributed by atoms with Crippen LogP contribution in [0.25, 0.3) is 0 Å². The molecule has 0 unspecified atom stereocenters. The van der Waals surface area contributed by atoms with Gasteiger partial charge in [-0.1, -0.05) is 43.7 Å². The van der Waals surface area contributed by atoms with Gasteiger partial charge >= 0.3 is 0 Å². The number of anilines is 1. The van der Waals surface area contributed by atoms with Gasteiger partial charge in [-0.3, -0.25) is 9.59 Å². The fraction of sp³-hybridized carbons (Fsp3) is 0.333. The Labute approximate surface area is 159 Å². The third-order valence-corrected chi connectivity index (χ3v) is 4.92. The maximum absolute atomic E-state index is 12.6. The zero-order valence-corrected chi connectivity index (χ0v) is 16.5. The molecule has 0 aliphatic carbocycles. The molecule has 0 saturated carbocycles. The molecule has 4 nitrogen and oxygen atoms in total. The monoisotopic (exact) mass is 370 g/mol. The Kier molecular flexibility index (Phi) is 7.27. The van der Waals surface area contributed by atoms with Gasteiger partial charge in [0.15, 0.2) is 0 Å². The van der Waals surface area contributed by atoms with Crippen molar-refractivity contribution in [2.24, 2.45) is 5.92 Å². The zero-order valence-electron chi connectivity index (χ0n) is 15.7. The number of benzene rings is 2. The molecule has 5 heteroatoms. The number of rotatable bonds is 7. The molecule has 2 rings (SSSR count). The summed E-state index contributed by atoms with van der Waals surface area (Å²) in [5.41, 5.74) is 2.21. The van der Waals surface area contributed by atoms with E-state index >= 15 is 0 Å². The summed E-state index contributed by atoms with van der Waals surface area (Å²) in [6.45, 7) is 8.57. The van der Waals surface area contributed by atoms with Crippen LogP contribution in [-0.4, -0.2) is 23.6 Å². The SMILES string of the molecule is Cc1ccc(S[C@@H](C)C(=O)Nc2ccccc2C(=O)NCC(C)C)cc1. The molecule has 0 fully saturated rings. The van der Waals surface area contributed by atoms with E-state index in [2.05, 4.69) is 10.6 Å². The number of aryl methyl sites for hydroxylation is 1. The van der Waals surface area contributed by atoms with Gasteiger partial charge in [0.1, 0.15) is 0 Å². The minimum atomic E-state index is -0.274. The number of hydrogen-bond acceptors (Lipinski definition) is 3. The van der Waals surface area contributed by atoms with Crippen molar-refractivity contribution in [1.29, 1.82) is 0 Å². The van der Waals surface area contributed by atoms with E-state index in [1.165, 1.54) is 17.3 Å². The van der Waals surface area contributed by atoms with Crippen LogP contribution in [0.4, 0.5) is 5.69 Å². The summed E-state index contributed by atoms with van der Waals surface area (Å²) in [4.78, 5) is 26.0. The van der Waals surface area contributed by atoms with E-state index in [1.54, 1.807) is 18.2 Å². The van der Waals surface area contributed by atoms with Gasteiger partial charge in [-0.15, -0.1) is 11.8 Å². The summed E-state index contributed by atoms with van der Waals surface area (Å²) in [7, 11) is 0. The second-order valence-electron chi connectivity index (χ2n) is 6.71. The summed E-state index contributed by atoms with van der Waals surface area (Å²) in [6.07, 6.45) is 0. The van der Waals surface area contributed by atoms with E-state index in [1.807, 2.05) is 58.0 Å². The van der Waals surface area contributed by atoms with E-state index < -0.39 is 0 Å². The van der Waals surface area contributed by atoms with Crippen molar-refractivity contribution in [3.8, 4) is 0 Å². The van der Waals surface area contributed by atoms with E-state index in [4.69, 9.17) is 0 Å². The van der Waals surface area contributed by atoms with Crippen molar-refractivity contribution in [1.82, 2.24) is 5.32 Å². The highest BCUT2D eigenvalue weighted by Crippen LogP contribution is 2.25. The van der Waals surface area contributed by atoms with E-state index in [0.717, 1.165) is 4.90 Å². The molecule has 26 heavy (non-hydrogen) atoms. The van der Waals surface area contributed by atoms with E-state index in [9.17, 15) is 9.59 Å². The van der Waals surface area contributed by atoms with Crippen molar-refractivity contribution >= 4 is 29.3 Å². The summed E-state index contributed by atoms with van der Waals surface area (Å²) in [5.74, 6) is 0.0692. The molecule has 2 aromatic carbocycles. The Bertz CT molecular complexity index is 757. The van der Waals surface area contributed by atoms with Crippen molar-refractivity contribution in [3.63, 3.8) is 0 Å². The average molecular weight is 371 g/mol. The van der Waals surface area contributed by atoms with Gasteiger partial charge in [0.25, 0.3) is 5.91 Å². The van der Waals surface area contributed by atoms with Gasteiger partial charge in [0, 0.05) is 11.4 Å². The first-order chi connectivity index (χ1) is 12.4. The van der Waals surface area contributed by atoms with Crippen LogP contribution in [-0.2, 0) is 4.79 Å². The fourth-order valence-corrected chi connectivity index (χ4v) is 3.16. The van der Waals surface area contributed by atoms with Gasteiger partial charge in [-0.25, -0.2) is 0 Å². The number of carbonyl (C=O) groups excluding carboxylic acids is 2. The van der Waals surface area contributed by atoms with Crippen LogP contribution < -0.4 is 10.6 Å². The van der Waals surface area contributed by atoms with Gasteiger partial charge < -0.3 is 10.6 Å². The quantitative estimate of drug-likeness (QED) is 0.706. The smallest absolute Gasteiger partial charge is 0.253 e. The first kappa shape index (κ1) is 20.0. The van der Waals surface area contributed by atoms with Gasteiger partial charge in [0.05, 0.1) is 16.5 Å². The third-order valence-electron chi connectivity index (χ3n) is 3.80. The molecule has 0 aromatic heterocycles. The van der Waals surface area contributed by atoms with Crippen LogP contribution in [0.5, 0.6) is 0 Å². The Hall–Kier alpha value is -2.27. The molecule has 0 aliphatic rings. The third kappa shape index (κ3) is 5.92. The normalized spacial score (nSPS) is 11.9. The number of thioether (sulfide) groups is 1. The minimum absolute atomic E-state index is 0.125. The minimum Gasteiger partial charge on any atom is -0.352 e. The van der Waals surface area contributed by atoms with Crippen molar-refractivity contribution in [2.75, 3.05) is 11.9 Å². The van der Waals surface area contributed by atoms with Crippen molar-refractivity contribution in [3.05, 3.63) is 59.7 Å². The Morgan fingerprint density at radius 3 is 2.31 bits per heavy atom. The molecular formula is C21H26N2O2S. The van der Waals surface area contributed by atoms with Crippen LogP contribution in [0.1, 0.15) is 36.7 Å². The predicted molar refractivity (Wildman–Crippen MR) is 109 cm³/mol. The maximum atomic E-state index is 12.6. The number of hydrogen-bond donors (Lipinski definition) is 2. The van der Waals surface area contributed by atoms with Crippen LogP contribution >= 0.6 is 11.8 Å². The molecular weight excluding hydrogens is 344 g/mol. The lowest BCUT2D eigenvalue weighted by Gasteiger charge is -2.15. The average Bonchev–Trinajstić information content (AvgIpc) is 2.62. The van der Waals surface area contributed by atoms with Gasteiger partial charge in [-0.05, 0) is 44.0 Å². The first-order valence-corrected chi connectivity index (χ1v) is 9.66. The molecule has 0 saturated heterocycles. The second-order valence-corrected chi connectivity index (χ2v) is 8.13. The van der Waals surface area contributed by atoms with Crippen LogP contribution in [0, 0.1) is 12.8 Å². The molecule has 0 heterocycles. The number of nitrogens with one attached hydrogen (secondary N) is 2. The molecule has 0 aliphatic heterocycles. The Morgan fingerprint density at radius 2 is 1.65 bits per heavy atom. The van der Waals surface area contributed by atoms with E-state index in [-0.39, 0.29) is 17.1 Å². The second kappa shape index (κ2) is 9.43. The molecule has 0 bridgehead atoms. The highest BCUT2D eigenvalue weighted by Gasteiger charge is 2.18. The molecule has 0 spiro atoms.